The largest absolute Gasteiger partial charge is 0.481 e. The maximum absolute atomic E-state index is 12.1. The van der Waals surface area contributed by atoms with Crippen LogP contribution < -0.4 is 0 Å². The van der Waals surface area contributed by atoms with E-state index in [2.05, 4.69) is 0 Å². The molecule has 0 atom stereocenters. The van der Waals surface area contributed by atoms with Crippen molar-refractivity contribution in [3.05, 3.63) is 23.5 Å². The average Bonchev–Trinajstić information content (AvgIpc) is 2.52. The van der Waals surface area contributed by atoms with Crippen LogP contribution >= 0.6 is 0 Å². The number of aryl methyl sites for hydroxylation is 1. The zero-order valence-corrected chi connectivity index (χ0v) is 10.0. The van der Waals surface area contributed by atoms with Crippen molar-refractivity contribution in [2.45, 2.75) is 13.3 Å². The molecule has 1 saturated heterocycles. The molecule has 0 saturated carbocycles. The molecule has 1 aliphatic heterocycles. The van der Waals surface area contributed by atoms with Crippen LogP contribution in [0.2, 0.25) is 0 Å². The van der Waals surface area contributed by atoms with Gasteiger partial charge in [0, 0.05) is 31.7 Å². The van der Waals surface area contributed by atoms with Gasteiger partial charge in [-0.05, 0) is 19.1 Å². The number of carboxylic acids is 1. The predicted octanol–water partition coefficient (Wildman–Crippen LogP) is 0.880. The van der Waals surface area contributed by atoms with E-state index in [1.54, 1.807) is 4.90 Å². The number of nitrogens with zero attached hydrogens (tertiary/aromatic N) is 2. The zero-order valence-electron chi connectivity index (χ0n) is 10.0. The monoisotopic (exact) mass is 236 g/mol. The number of carbonyl (C=O) groups is 2. The summed E-state index contributed by atoms with van der Waals surface area (Å²) in [4.78, 5) is 24.2. The molecule has 17 heavy (non-hydrogen) atoms. The first-order valence-electron chi connectivity index (χ1n) is 5.62. The molecule has 0 bridgehead atoms. The van der Waals surface area contributed by atoms with Crippen LogP contribution in [0.4, 0.5) is 0 Å². The maximum atomic E-state index is 12.1. The van der Waals surface area contributed by atoms with E-state index in [9.17, 15) is 9.59 Å². The Balaban J connectivity index is 1.96. The van der Waals surface area contributed by atoms with Gasteiger partial charge in [0.15, 0.2) is 0 Å². The second-order valence-electron chi connectivity index (χ2n) is 4.59. The van der Waals surface area contributed by atoms with E-state index in [-0.39, 0.29) is 18.2 Å². The SMILES string of the molecule is Cc1ccc(C(=O)N2CC(CC(=O)O)C2)n1C. The first-order valence-corrected chi connectivity index (χ1v) is 5.62. The maximum Gasteiger partial charge on any atom is 0.303 e. The van der Waals surface area contributed by atoms with Crippen molar-refractivity contribution in [1.82, 2.24) is 9.47 Å². The molecule has 1 aromatic rings. The number of rotatable bonds is 3. The summed E-state index contributed by atoms with van der Waals surface area (Å²) < 4.78 is 1.85. The number of carbonyl (C=O) groups excluding carboxylic acids is 1. The van der Waals surface area contributed by atoms with Crippen LogP contribution in [0.3, 0.4) is 0 Å². The van der Waals surface area contributed by atoms with Crippen LogP contribution in [0.25, 0.3) is 0 Å². The first-order chi connectivity index (χ1) is 7.99. The van der Waals surface area contributed by atoms with E-state index in [4.69, 9.17) is 5.11 Å². The number of hydrogen-bond acceptors (Lipinski definition) is 2. The summed E-state index contributed by atoms with van der Waals surface area (Å²) in [7, 11) is 1.86. The Morgan fingerprint density at radius 1 is 1.41 bits per heavy atom. The minimum Gasteiger partial charge on any atom is -0.481 e. The summed E-state index contributed by atoms with van der Waals surface area (Å²) >= 11 is 0. The number of hydrogen-bond donors (Lipinski definition) is 1. The molecule has 0 spiro atoms. The summed E-state index contributed by atoms with van der Waals surface area (Å²) in [6.07, 6.45) is 0.149. The van der Waals surface area contributed by atoms with Gasteiger partial charge in [-0.3, -0.25) is 9.59 Å². The zero-order chi connectivity index (χ0) is 12.6. The summed E-state index contributed by atoms with van der Waals surface area (Å²) in [5, 5.41) is 8.63. The van der Waals surface area contributed by atoms with Crippen molar-refractivity contribution in [1.29, 1.82) is 0 Å². The van der Waals surface area contributed by atoms with Gasteiger partial charge in [0.05, 0.1) is 6.42 Å². The van der Waals surface area contributed by atoms with Crippen molar-refractivity contribution >= 4 is 11.9 Å². The van der Waals surface area contributed by atoms with E-state index in [0.29, 0.717) is 18.8 Å². The third-order valence-electron chi connectivity index (χ3n) is 3.30. The lowest BCUT2D eigenvalue weighted by Gasteiger charge is -2.38. The van der Waals surface area contributed by atoms with Gasteiger partial charge in [-0.15, -0.1) is 0 Å². The van der Waals surface area contributed by atoms with E-state index >= 15 is 0 Å². The van der Waals surface area contributed by atoms with Gasteiger partial charge in [-0.1, -0.05) is 0 Å². The van der Waals surface area contributed by atoms with Gasteiger partial charge in [-0.2, -0.15) is 0 Å². The number of aliphatic carboxylic acids is 1. The first kappa shape index (κ1) is 11.7. The Morgan fingerprint density at radius 3 is 2.53 bits per heavy atom. The number of aromatic nitrogens is 1. The van der Waals surface area contributed by atoms with Gasteiger partial charge >= 0.3 is 5.97 Å². The molecule has 1 fully saturated rings. The van der Waals surface area contributed by atoms with Crippen LogP contribution in [0.5, 0.6) is 0 Å². The normalized spacial score (nSPS) is 15.8. The molecule has 0 aromatic carbocycles. The Kier molecular flexibility index (Phi) is 2.92. The summed E-state index contributed by atoms with van der Waals surface area (Å²) in [6, 6.07) is 3.71. The van der Waals surface area contributed by atoms with Crippen LogP contribution in [0.1, 0.15) is 22.6 Å². The summed E-state index contributed by atoms with van der Waals surface area (Å²) in [6.45, 7) is 3.05. The summed E-state index contributed by atoms with van der Waals surface area (Å²) in [5.41, 5.74) is 1.70. The molecule has 5 nitrogen and oxygen atoms in total. The fraction of sp³-hybridized carbons (Fsp3) is 0.500. The van der Waals surface area contributed by atoms with Crippen LogP contribution in [0.15, 0.2) is 12.1 Å². The van der Waals surface area contributed by atoms with Crippen molar-refractivity contribution < 1.29 is 14.7 Å². The molecular weight excluding hydrogens is 220 g/mol. The lowest BCUT2D eigenvalue weighted by molar-refractivity contribution is -0.139. The highest BCUT2D eigenvalue weighted by Gasteiger charge is 2.33. The minimum atomic E-state index is -0.795. The Labute approximate surface area is 99.6 Å². The molecule has 0 unspecified atom stereocenters. The molecule has 2 rings (SSSR count). The van der Waals surface area contributed by atoms with E-state index in [1.165, 1.54) is 0 Å². The molecule has 1 aromatic heterocycles. The van der Waals surface area contributed by atoms with Crippen LogP contribution in [-0.4, -0.2) is 39.5 Å². The smallest absolute Gasteiger partial charge is 0.303 e. The van der Waals surface area contributed by atoms with Gasteiger partial charge < -0.3 is 14.6 Å². The second kappa shape index (κ2) is 4.24. The quantitative estimate of drug-likeness (QED) is 0.847. The van der Waals surface area contributed by atoms with Gasteiger partial charge in [0.1, 0.15) is 5.69 Å². The van der Waals surface area contributed by atoms with E-state index in [1.807, 2.05) is 30.7 Å². The number of amides is 1. The van der Waals surface area contributed by atoms with E-state index in [0.717, 1.165) is 5.69 Å². The van der Waals surface area contributed by atoms with E-state index < -0.39 is 5.97 Å². The van der Waals surface area contributed by atoms with Gasteiger partial charge in [-0.25, -0.2) is 0 Å². The Bertz CT molecular complexity index is 458. The number of likely N-dealkylation sites (tertiary alicyclic amines) is 1. The number of carboxylic acid groups (broad SMARTS) is 1. The topological polar surface area (TPSA) is 62.5 Å². The Hall–Kier alpha value is -1.78. The van der Waals surface area contributed by atoms with Crippen LogP contribution in [0, 0.1) is 12.8 Å². The lowest BCUT2D eigenvalue weighted by atomic mass is 9.96. The van der Waals surface area contributed by atoms with Gasteiger partial charge in [0.25, 0.3) is 5.91 Å². The highest BCUT2D eigenvalue weighted by Crippen LogP contribution is 2.22. The fourth-order valence-electron chi connectivity index (χ4n) is 2.10. The molecular formula is C12H16N2O3. The minimum absolute atomic E-state index is 0.0118. The molecule has 1 N–H and O–H groups in total. The van der Waals surface area contributed by atoms with Crippen molar-refractivity contribution in [3.8, 4) is 0 Å². The van der Waals surface area contributed by atoms with Crippen LogP contribution in [-0.2, 0) is 11.8 Å². The van der Waals surface area contributed by atoms with Crippen molar-refractivity contribution in [2.24, 2.45) is 13.0 Å². The highest BCUT2D eigenvalue weighted by atomic mass is 16.4. The predicted molar refractivity (Wildman–Crippen MR) is 61.8 cm³/mol. The Morgan fingerprint density at radius 2 is 2.06 bits per heavy atom. The third-order valence-corrected chi connectivity index (χ3v) is 3.30. The van der Waals surface area contributed by atoms with Crippen molar-refractivity contribution in [3.63, 3.8) is 0 Å². The highest BCUT2D eigenvalue weighted by molar-refractivity contribution is 5.93. The molecule has 0 radical (unpaired) electrons. The average molecular weight is 236 g/mol. The standard InChI is InChI=1S/C12H16N2O3/c1-8-3-4-10(13(8)2)12(17)14-6-9(7-14)5-11(15)16/h3-4,9H,5-7H2,1-2H3,(H,15,16). The summed E-state index contributed by atoms with van der Waals surface area (Å²) in [5.74, 6) is -0.697. The van der Waals surface area contributed by atoms with Crippen molar-refractivity contribution in [2.75, 3.05) is 13.1 Å². The molecule has 0 aliphatic carbocycles. The van der Waals surface area contributed by atoms with Gasteiger partial charge in [0.2, 0.25) is 0 Å². The molecule has 1 aliphatic rings. The third kappa shape index (κ3) is 2.18. The second-order valence-corrected chi connectivity index (χ2v) is 4.59. The lowest BCUT2D eigenvalue weighted by Crippen LogP contribution is -2.50. The molecule has 2 heterocycles. The molecule has 5 heteroatoms. The fourth-order valence-corrected chi connectivity index (χ4v) is 2.10. The molecule has 1 amide bonds. The molecule has 92 valence electrons.